The number of hydrogen-bond donors (Lipinski definition) is 3. The third-order valence-electron chi connectivity index (χ3n) is 4.64. The van der Waals surface area contributed by atoms with E-state index in [1.807, 2.05) is 19.1 Å². The van der Waals surface area contributed by atoms with Crippen LogP contribution in [-0.2, 0) is 6.42 Å². The summed E-state index contributed by atoms with van der Waals surface area (Å²) >= 11 is 0. The van der Waals surface area contributed by atoms with Crippen molar-refractivity contribution in [2.24, 2.45) is 0 Å². The molecule has 0 radical (unpaired) electrons. The van der Waals surface area contributed by atoms with Crippen LogP contribution in [0.1, 0.15) is 22.8 Å². The van der Waals surface area contributed by atoms with E-state index in [0.29, 0.717) is 11.4 Å². The molecular formula is C21H17FN4O3. The van der Waals surface area contributed by atoms with Gasteiger partial charge in [0.15, 0.2) is 0 Å². The smallest absolute Gasteiger partial charge is 0.266 e. The Morgan fingerprint density at radius 1 is 1.17 bits per heavy atom. The second kappa shape index (κ2) is 7.23. The van der Waals surface area contributed by atoms with Crippen molar-refractivity contribution < 1.29 is 14.3 Å². The molecule has 4 aromatic rings. The first-order valence-corrected chi connectivity index (χ1v) is 8.97. The maximum Gasteiger partial charge on any atom is 0.266 e. The molecule has 2 aromatic heterocycles. The summed E-state index contributed by atoms with van der Waals surface area (Å²) in [5.41, 5.74) is 1.14. The largest absolute Gasteiger partial charge is 0.506 e. The number of fused-ring (bicyclic) bond motifs is 1. The van der Waals surface area contributed by atoms with Gasteiger partial charge in [0.25, 0.3) is 11.5 Å². The number of aromatic hydroxyl groups is 1. The number of aromatic nitrogens is 3. The van der Waals surface area contributed by atoms with Gasteiger partial charge >= 0.3 is 0 Å². The minimum atomic E-state index is -0.762. The number of nitrogens with zero attached hydrogens (tertiary/aromatic N) is 2. The monoisotopic (exact) mass is 392 g/mol. The first-order chi connectivity index (χ1) is 14.0. The van der Waals surface area contributed by atoms with Crippen LogP contribution in [0.5, 0.6) is 5.75 Å². The molecule has 1 amide bonds. The van der Waals surface area contributed by atoms with Gasteiger partial charge in [0.1, 0.15) is 22.8 Å². The zero-order chi connectivity index (χ0) is 20.5. The summed E-state index contributed by atoms with van der Waals surface area (Å²) in [5, 5.41) is 17.5. The van der Waals surface area contributed by atoms with Gasteiger partial charge in [-0.3, -0.25) is 9.59 Å². The fourth-order valence-electron chi connectivity index (χ4n) is 3.06. The Hall–Kier alpha value is -3.94. The Morgan fingerprint density at radius 2 is 1.86 bits per heavy atom. The molecule has 29 heavy (non-hydrogen) atoms. The molecule has 8 heteroatoms. The second-order valence-corrected chi connectivity index (χ2v) is 6.48. The third-order valence-corrected chi connectivity index (χ3v) is 4.64. The number of nitrogens with one attached hydrogen (secondary N) is 2. The fourth-order valence-corrected chi connectivity index (χ4v) is 3.06. The summed E-state index contributed by atoms with van der Waals surface area (Å²) < 4.78 is 14.5. The van der Waals surface area contributed by atoms with Gasteiger partial charge < -0.3 is 15.4 Å². The number of anilines is 1. The maximum absolute atomic E-state index is 13.2. The molecule has 146 valence electrons. The average Bonchev–Trinajstić information content (AvgIpc) is 3.13. The van der Waals surface area contributed by atoms with Gasteiger partial charge in [0.2, 0.25) is 0 Å². The van der Waals surface area contributed by atoms with E-state index in [0.717, 1.165) is 12.0 Å². The van der Waals surface area contributed by atoms with Crippen LogP contribution in [0.3, 0.4) is 0 Å². The van der Waals surface area contributed by atoms with Crippen molar-refractivity contribution in [1.29, 1.82) is 0 Å². The van der Waals surface area contributed by atoms with E-state index in [4.69, 9.17) is 0 Å². The molecule has 0 spiro atoms. The van der Waals surface area contributed by atoms with E-state index in [-0.39, 0.29) is 11.0 Å². The van der Waals surface area contributed by atoms with E-state index >= 15 is 0 Å². The molecule has 2 heterocycles. The molecule has 3 N–H and O–H groups in total. The standard InChI is InChI=1S/C21H17FN4O3/c1-2-12-3-7-14(8-4-12)24-20(28)17-18(27)16-11-23-26(19(16)25-21(17)29)15-9-5-13(22)6-10-15/h3-11H,2H2,1H3,(H,24,28)(H2,25,27,29). The topological polar surface area (TPSA) is 100 Å². The molecule has 0 aliphatic heterocycles. The van der Waals surface area contributed by atoms with Crippen molar-refractivity contribution >= 4 is 22.6 Å². The molecule has 0 saturated heterocycles. The van der Waals surface area contributed by atoms with Crippen molar-refractivity contribution in [1.82, 2.24) is 14.8 Å². The average molecular weight is 392 g/mol. The van der Waals surface area contributed by atoms with Crippen LogP contribution >= 0.6 is 0 Å². The second-order valence-electron chi connectivity index (χ2n) is 6.48. The summed E-state index contributed by atoms with van der Waals surface area (Å²) in [6, 6.07) is 12.7. The van der Waals surface area contributed by atoms with Gasteiger partial charge in [0, 0.05) is 5.69 Å². The van der Waals surface area contributed by atoms with Gasteiger partial charge in [0.05, 0.1) is 17.3 Å². The van der Waals surface area contributed by atoms with Crippen molar-refractivity contribution in [2.75, 3.05) is 5.32 Å². The van der Waals surface area contributed by atoms with E-state index < -0.39 is 28.6 Å². The van der Waals surface area contributed by atoms with Crippen LogP contribution in [0.2, 0.25) is 0 Å². The van der Waals surface area contributed by atoms with E-state index in [9.17, 15) is 19.1 Å². The number of carbonyl (C=O) groups excluding carboxylic acids is 1. The summed E-state index contributed by atoms with van der Waals surface area (Å²) in [6.07, 6.45) is 2.19. The van der Waals surface area contributed by atoms with Gasteiger partial charge in [-0.1, -0.05) is 19.1 Å². The molecule has 0 atom stereocenters. The number of benzene rings is 2. The van der Waals surface area contributed by atoms with Crippen LogP contribution < -0.4 is 10.9 Å². The Balaban J connectivity index is 1.73. The first-order valence-electron chi connectivity index (χ1n) is 8.97. The van der Waals surface area contributed by atoms with Crippen molar-refractivity contribution in [3.8, 4) is 11.4 Å². The number of carbonyl (C=O) groups is 1. The predicted molar refractivity (Wildman–Crippen MR) is 107 cm³/mol. The lowest BCUT2D eigenvalue weighted by Crippen LogP contribution is -2.23. The quantitative estimate of drug-likeness (QED) is 0.496. The summed E-state index contributed by atoms with van der Waals surface area (Å²) in [7, 11) is 0. The lowest BCUT2D eigenvalue weighted by atomic mass is 10.1. The number of aryl methyl sites for hydroxylation is 1. The minimum Gasteiger partial charge on any atom is -0.506 e. The van der Waals surface area contributed by atoms with E-state index in [2.05, 4.69) is 15.4 Å². The van der Waals surface area contributed by atoms with Crippen molar-refractivity contribution in [3.05, 3.63) is 82.0 Å². The summed E-state index contributed by atoms with van der Waals surface area (Å²) in [4.78, 5) is 27.7. The number of halogens is 1. The Morgan fingerprint density at radius 3 is 2.52 bits per heavy atom. The van der Waals surface area contributed by atoms with Crippen LogP contribution in [0.15, 0.2) is 59.5 Å². The van der Waals surface area contributed by atoms with Crippen molar-refractivity contribution in [3.63, 3.8) is 0 Å². The lowest BCUT2D eigenvalue weighted by Gasteiger charge is -2.08. The van der Waals surface area contributed by atoms with Crippen LogP contribution in [0.4, 0.5) is 10.1 Å². The van der Waals surface area contributed by atoms with Crippen LogP contribution in [0.25, 0.3) is 16.7 Å². The molecule has 0 bridgehead atoms. The Bertz CT molecular complexity index is 1260. The fraction of sp³-hybridized carbons (Fsp3) is 0.0952. The third kappa shape index (κ3) is 3.36. The Kier molecular flexibility index (Phi) is 4.59. The number of hydrogen-bond acceptors (Lipinski definition) is 4. The molecule has 2 aromatic carbocycles. The highest BCUT2D eigenvalue weighted by atomic mass is 19.1. The molecule has 4 rings (SSSR count). The van der Waals surface area contributed by atoms with Gasteiger partial charge in [-0.05, 0) is 48.4 Å². The van der Waals surface area contributed by atoms with Gasteiger partial charge in [-0.2, -0.15) is 5.10 Å². The lowest BCUT2D eigenvalue weighted by molar-refractivity contribution is 0.102. The van der Waals surface area contributed by atoms with E-state index in [1.54, 1.807) is 12.1 Å². The SMILES string of the molecule is CCc1ccc(NC(=O)c2c(O)c3cnn(-c4ccc(F)cc4)c3[nH]c2=O)cc1. The summed E-state index contributed by atoms with van der Waals surface area (Å²) in [5.74, 6) is -1.61. The zero-order valence-electron chi connectivity index (χ0n) is 15.4. The van der Waals surface area contributed by atoms with Crippen LogP contribution in [-0.4, -0.2) is 25.8 Å². The molecule has 0 aliphatic carbocycles. The van der Waals surface area contributed by atoms with E-state index in [1.165, 1.54) is 35.1 Å². The minimum absolute atomic E-state index is 0.195. The number of aromatic amines is 1. The van der Waals surface area contributed by atoms with Crippen LogP contribution in [0, 0.1) is 5.82 Å². The zero-order valence-corrected chi connectivity index (χ0v) is 15.4. The highest BCUT2D eigenvalue weighted by Gasteiger charge is 2.22. The molecule has 0 aliphatic rings. The molecule has 0 saturated carbocycles. The number of rotatable bonds is 4. The Labute approximate surface area is 164 Å². The molecule has 7 nitrogen and oxygen atoms in total. The summed E-state index contributed by atoms with van der Waals surface area (Å²) in [6.45, 7) is 2.02. The molecule has 0 fully saturated rings. The molecular weight excluding hydrogens is 375 g/mol. The number of pyridine rings is 1. The maximum atomic E-state index is 13.2. The number of H-pyrrole nitrogens is 1. The highest BCUT2D eigenvalue weighted by Crippen LogP contribution is 2.27. The van der Waals surface area contributed by atoms with Gasteiger partial charge in [-0.15, -0.1) is 0 Å². The first kappa shape index (κ1) is 18.4. The van der Waals surface area contributed by atoms with Crippen molar-refractivity contribution in [2.45, 2.75) is 13.3 Å². The highest BCUT2D eigenvalue weighted by molar-refractivity contribution is 6.08. The number of amides is 1. The van der Waals surface area contributed by atoms with Gasteiger partial charge in [-0.25, -0.2) is 9.07 Å². The molecule has 0 unspecified atom stereocenters. The predicted octanol–water partition coefficient (Wildman–Crippen LogP) is 3.37. The normalized spacial score (nSPS) is 11.0.